The normalized spacial score (nSPS) is 21.2. The lowest BCUT2D eigenvalue weighted by Gasteiger charge is -2.37. The number of halogens is 1. The van der Waals surface area contributed by atoms with Crippen molar-refractivity contribution in [3.05, 3.63) is 47.8 Å². The van der Waals surface area contributed by atoms with E-state index >= 15 is 0 Å². The molecular weight excluding hydrogens is 321 g/mol. The number of carbonyl (C=O) groups excluding carboxylic acids is 1. The molecule has 0 N–H and O–H groups in total. The highest BCUT2D eigenvalue weighted by Gasteiger charge is 2.31. The van der Waals surface area contributed by atoms with E-state index in [0.29, 0.717) is 6.54 Å². The van der Waals surface area contributed by atoms with Crippen molar-refractivity contribution in [1.29, 1.82) is 0 Å². The molecule has 1 unspecified atom stereocenters. The molecule has 1 aromatic carbocycles. The predicted octanol–water partition coefficient (Wildman–Crippen LogP) is 1.32. The number of hydrogen-bond acceptors (Lipinski definition) is 4. The standard InChI is InChI=1S/C18H22FN5O/c19-16-4-1-14(2-5-16)11-22-7-9-23(10-8-22)18(25)15-3-6-17-20-13-21-24(17)12-15/h1-2,4-5,13,15H,3,6-12H2. The van der Waals surface area contributed by atoms with E-state index in [0.717, 1.165) is 57.0 Å². The number of rotatable bonds is 3. The summed E-state index contributed by atoms with van der Waals surface area (Å²) < 4.78 is 14.8. The quantitative estimate of drug-likeness (QED) is 0.844. The molecule has 0 saturated carbocycles. The van der Waals surface area contributed by atoms with E-state index in [9.17, 15) is 9.18 Å². The smallest absolute Gasteiger partial charge is 0.227 e. The fraction of sp³-hybridized carbons (Fsp3) is 0.500. The fourth-order valence-electron chi connectivity index (χ4n) is 3.67. The maximum absolute atomic E-state index is 13.0. The predicted molar refractivity (Wildman–Crippen MR) is 90.1 cm³/mol. The Morgan fingerprint density at radius 1 is 1.16 bits per heavy atom. The molecule has 0 radical (unpaired) electrons. The van der Waals surface area contributed by atoms with Gasteiger partial charge in [0.1, 0.15) is 18.0 Å². The summed E-state index contributed by atoms with van der Waals surface area (Å²) in [5.41, 5.74) is 1.10. The molecule has 2 aromatic rings. The van der Waals surface area contributed by atoms with Crippen LogP contribution >= 0.6 is 0 Å². The largest absolute Gasteiger partial charge is 0.340 e. The lowest BCUT2D eigenvalue weighted by atomic mass is 9.98. The molecule has 7 heteroatoms. The van der Waals surface area contributed by atoms with Gasteiger partial charge < -0.3 is 4.90 Å². The molecule has 1 aromatic heterocycles. The van der Waals surface area contributed by atoms with Crippen LogP contribution in [0.15, 0.2) is 30.6 Å². The van der Waals surface area contributed by atoms with Crippen LogP contribution in [-0.4, -0.2) is 56.7 Å². The summed E-state index contributed by atoms with van der Waals surface area (Å²) in [6.45, 7) is 4.65. The number of nitrogens with zero attached hydrogens (tertiary/aromatic N) is 5. The Balaban J connectivity index is 1.30. The van der Waals surface area contributed by atoms with Gasteiger partial charge in [0.2, 0.25) is 5.91 Å². The Morgan fingerprint density at radius 3 is 2.68 bits per heavy atom. The highest BCUT2D eigenvalue weighted by molar-refractivity contribution is 5.79. The van der Waals surface area contributed by atoms with Crippen molar-refractivity contribution in [2.75, 3.05) is 26.2 Å². The van der Waals surface area contributed by atoms with Crippen molar-refractivity contribution in [2.45, 2.75) is 25.9 Å². The fourth-order valence-corrected chi connectivity index (χ4v) is 3.67. The first kappa shape index (κ1) is 16.2. The highest BCUT2D eigenvalue weighted by atomic mass is 19.1. The minimum Gasteiger partial charge on any atom is -0.340 e. The number of aryl methyl sites for hydroxylation is 1. The van der Waals surface area contributed by atoms with Crippen LogP contribution in [0, 0.1) is 11.7 Å². The van der Waals surface area contributed by atoms with Gasteiger partial charge in [0.05, 0.1) is 12.5 Å². The van der Waals surface area contributed by atoms with E-state index in [1.807, 2.05) is 21.7 Å². The third-order valence-corrected chi connectivity index (χ3v) is 5.16. The second kappa shape index (κ2) is 6.92. The Labute approximate surface area is 146 Å². The van der Waals surface area contributed by atoms with Crippen LogP contribution in [0.4, 0.5) is 4.39 Å². The molecule has 3 heterocycles. The van der Waals surface area contributed by atoms with Crippen LogP contribution in [0.25, 0.3) is 0 Å². The van der Waals surface area contributed by atoms with Gasteiger partial charge in [-0.15, -0.1) is 0 Å². The number of carbonyl (C=O) groups is 1. The molecule has 1 amide bonds. The van der Waals surface area contributed by atoms with Crippen LogP contribution < -0.4 is 0 Å². The molecule has 132 valence electrons. The summed E-state index contributed by atoms with van der Waals surface area (Å²) in [4.78, 5) is 21.3. The molecule has 0 spiro atoms. The molecule has 0 bridgehead atoms. The number of amides is 1. The molecule has 1 fully saturated rings. The van der Waals surface area contributed by atoms with E-state index in [1.54, 1.807) is 6.33 Å². The van der Waals surface area contributed by atoms with Crippen LogP contribution in [0.5, 0.6) is 0 Å². The molecular formula is C18H22FN5O. The van der Waals surface area contributed by atoms with Gasteiger partial charge in [0, 0.05) is 39.1 Å². The molecule has 6 nitrogen and oxygen atoms in total. The zero-order valence-electron chi connectivity index (χ0n) is 14.1. The van der Waals surface area contributed by atoms with Crippen LogP contribution in [0.1, 0.15) is 17.8 Å². The summed E-state index contributed by atoms with van der Waals surface area (Å²) in [7, 11) is 0. The zero-order chi connectivity index (χ0) is 17.2. The second-order valence-corrected chi connectivity index (χ2v) is 6.82. The van der Waals surface area contributed by atoms with Crippen LogP contribution in [0.2, 0.25) is 0 Å². The molecule has 2 aliphatic rings. The molecule has 2 aliphatic heterocycles. The van der Waals surface area contributed by atoms with Gasteiger partial charge in [0.25, 0.3) is 0 Å². The summed E-state index contributed by atoms with van der Waals surface area (Å²) in [5.74, 6) is 1.02. The second-order valence-electron chi connectivity index (χ2n) is 6.82. The number of aromatic nitrogens is 3. The van der Waals surface area contributed by atoms with Gasteiger partial charge in [-0.1, -0.05) is 12.1 Å². The van der Waals surface area contributed by atoms with E-state index < -0.39 is 0 Å². The average molecular weight is 343 g/mol. The maximum atomic E-state index is 13.0. The van der Waals surface area contributed by atoms with Gasteiger partial charge in [0.15, 0.2) is 0 Å². The van der Waals surface area contributed by atoms with Gasteiger partial charge in [-0.2, -0.15) is 5.10 Å². The van der Waals surface area contributed by atoms with Crippen molar-refractivity contribution in [3.63, 3.8) is 0 Å². The monoisotopic (exact) mass is 343 g/mol. The van der Waals surface area contributed by atoms with Crippen molar-refractivity contribution in [1.82, 2.24) is 24.6 Å². The van der Waals surface area contributed by atoms with E-state index in [-0.39, 0.29) is 17.6 Å². The first-order valence-electron chi connectivity index (χ1n) is 8.81. The minimum atomic E-state index is -0.206. The van der Waals surface area contributed by atoms with Crippen molar-refractivity contribution < 1.29 is 9.18 Å². The minimum absolute atomic E-state index is 0.0119. The van der Waals surface area contributed by atoms with Gasteiger partial charge in [-0.25, -0.2) is 14.1 Å². The Hall–Kier alpha value is -2.28. The van der Waals surface area contributed by atoms with Crippen molar-refractivity contribution >= 4 is 5.91 Å². The Kier molecular flexibility index (Phi) is 4.48. The zero-order valence-corrected chi connectivity index (χ0v) is 14.1. The first-order chi connectivity index (χ1) is 12.2. The SMILES string of the molecule is O=C(C1CCc2ncnn2C1)N1CCN(Cc2ccc(F)cc2)CC1. The summed E-state index contributed by atoms with van der Waals surface area (Å²) in [6, 6.07) is 6.64. The molecule has 25 heavy (non-hydrogen) atoms. The Bertz CT molecular complexity index is 736. The molecule has 0 aliphatic carbocycles. The summed E-state index contributed by atoms with van der Waals surface area (Å²) in [6.07, 6.45) is 3.24. The summed E-state index contributed by atoms with van der Waals surface area (Å²) >= 11 is 0. The van der Waals surface area contributed by atoms with Crippen LogP contribution in [0.3, 0.4) is 0 Å². The first-order valence-corrected chi connectivity index (χ1v) is 8.81. The van der Waals surface area contributed by atoms with Crippen LogP contribution in [-0.2, 0) is 24.3 Å². The molecule has 4 rings (SSSR count). The van der Waals surface area contributed by atoms with Gasteiger partial charge >= 0.3 is 0 Å². The summed E-state index contributed by atoms with van der Waals surface area (Å²) in [5, 5.41) is 4.20. The van der Waals surface area contributed by atoms with Gasteiger partial charge in [-0.05, 0) is 24.1 Å². The highest BCUT2D eigenvalue weighted by Crippen LogP contribution is 2.21. The average Bonchev–Trinajstić information content (AvgIpc) is 3.11. The molecule has 1 saturated heterocycles. The Morgan fingerprint density at radius 2 is 1.92 bits per heavy atom. The number of benzene rings is 1. The third kappa shape index (κ3) is 3.56. The van der Waals surface area contributed by atoms with Crippen molar-refractivity contribution in [3.8, 4) is 0 Å². The maximum Gasteiger partial charge on any atom is 0.227 e. The third-order valence-electron chi connectivity index (χ3n) is 5.16. The number of hydrogen-bond donors (Lipinski definition) is 0. The van der Waals surface area contributed by atoms with Gasteiger partial charge in [-0.3, -0.25) is 9.69 Å². The van der Waals surface area contributed by atoms with Crippen molar-refractivity contribution in [2.24, 2.45) is 5.92 Å². The number of piperazine rings is 1. The topological polar surface area (TPSA) is 54.3 Å². The van der Waals surface area contributed by atoms with E-state index in [2.05, 4.69) is 15.0 Å². The van der Waals surface area contributed by atoms with E-state index in [1.165, 1.54) is 12.1 Å². The molecule has 1 atom stereocenters. The number of fused-ring (bicyclic) bond motifs is 1. The lowest BCUT2D eigenvalue weighted by molar-refractivity contribution is -0.138. The lowest BCUT2D eigenvalue weighted by Crippen LogP contribution is -2.50. The van der Waals surface area contributed by atoms with E-state index in [4.69, 9.17) is 0 Å².